The Kier molecular flexibility index (Phi) is 6.47. The average molecular weight is 389 g/mol. The molecule has 29 heavy (non-hydrogen) atoms. The van der Waals surface area contributed by atoms with E-state index in [9.17, 15) is 9.59 Å². The Hall–Kier alpha value is -3.80. The number of benzene rings is 3. The molecule has 0 bridgehead atoms. The zero-order valence-corrected chi connectivity index (χ0v) is 16.1. The van der Waals surface area contributed by atoms with Crippen molar-refractivity contribution in [3.63, 3.8) is 0 Å². The number of anilines is 1. The fourth-order valence-corrected chi connectivity index (χ4v) is 3.21. The van der Waals surface area contributed by atoms with E-state index in [-0.39, 0.29) is 6.54 Å². The van der Waals surface area contributed by atoms with Crippen LogP contribution in [0.15, 0.2) is 84.9 Å². The predicted molar refractivity (Wildman–Crippen MR) is 113 cm³/mol. The number of carbonyl (C=O) groups excluding carboxylic acids is 2. The quantitative estimate of drug-likeness (QED) is 0.644. The summed E-state index contributed by atoms with van der Waals surface area (Å²) in [6.45, 7) is -0.241. The largest absolute Gasteiger partial charge is 0.495 e. The molecule has 3 aromatic rings. The van der Waals surface area contributed by atoms with Crippen LogP contribution in [0.5, 0.6) is 5.75 Å². The lowest BCUT2D eigenvalue weighted by molar-refractivity contribution is -0.118. The Morgan fingerprint density at radius 2 is 1.41 bits per heavy atom. The number of rotatable bonds is 7. The number of hydrogen-bond acceptors (Lipinski definition) is 3. The van der Waals surface area contributed by atoms with Crippen molar-refractivity contribution in [2.75, 3.05) is 19.0 Å². The van der Waals surface area contributed by atoms with Crippen molar-refractivity contribution in [3.8, 4) is 5.75 Å². The van der Waals surface area contributed by atoms with E-state index < -0.39 is 18.0 Å². The van der Waals surface area contributed by atoms with Crippen molar-refractivity contribution in [2.45, 2.75) is 6.04 Å². The number of nitrogens with two attached hydrogens (primary N) is 1. The Labute approximate surface area is 169 Å². The lowest BCUT2D eigenvalue weighted by atomic mass is 9.97. The van der Waals surface area contributed by atoms with Gasteiger partial charge in [-0.3, -0.25) is 4.79 Å². The molecule has 3 aromatic carbocycles. The van der Waals surface area contributed by atoms with Crippen LogP contribution in [-0.4, -0.2) is 30.5 Å². The number of urea groups is 1. The summed E-state index contributed by atoms with van der Waals surface area (Å²) in [6, 6.07) is 25.2. The highest BCUT2D eigenvalue weighted by atomic mass is 16.5. The van der Waals surface area contributed by atoms with Gasteiger partial charge in [-0.25, -0.2) is 4.79 Å². The Bertz CT molecular complexity index is 922. The van der Waals surface area contributed by atoms with Gasteiger partial charge >= 0.3 is 6.03 Å². The first-order valence-electron chi connectivity index (χ1n) is 9.19. The van der Waals surface area contributed by atoms with Crippen LogP contribution in [0.3, 0.4) is 0 Å². The highest BCUT2D eigenvalue weighted by Crippen LogP contribution is 2.30. The van der Waals surface area contributed by atoms with E-state index in [1.165, 1.54) is 12.0 Å². The van der Waals surface area contributed by atoms with Gasteiger partial charge in [0.25, 0.3) is 0 Å². The minimum Gasteiger partial charge on any atom is -0.495 e. The maximum Gasteiger partial charge on any atom is 0.323 e. The standard InChI is InChI=1S/C23H23N3O3/c1-29-20-15-9-8-14-19(20)25-23(28)26(16-21(24)27)22(17-10-4-2-5-11-17)18-12-6-3-7-13-18/h2-15,22H,16H2,1H3,(H2,24,27)(H,25,28). The van der Waals surface area contributed by atoms with Crippen LogP contribution in [0.2, 0.25) is 0 Å². The normalized spacial score (nSPS) is 10.4. The highest BCUT2D eigenvalue weighted by molar-refractivity contribution is 5.94. The number of hydrogen-bond donors (Lipinski definition) is 2. The molecule has 0 aromatic heterocycles. The summed E-state index contributed by atoms with van der Waals surface area (Å²) in [7, 11) is 1.53. The van der Waals surface area contributed by atoms with Crippen molar-refractivity contribution in [1.82, 2.24) is 4.90 Å². The molecule has 0 aliphatic rings. The van der Waals surface area contributed by atoms with E-state index in [0.29, 0.717) is 11.4 Å². The van der Waals surface area contributed by atoms with E-state index in [2.05, 4.69) is 5.32 Å². The third-order valence-electron chi connectivity index (χ3n) is 4.48. The summed E-state index contributed by atoms with van der Waals surface area (Å²) >= 11 is 0. The minimum atomic E-state index is -0.600. The predicted octanol–water partition coefficient (Wildman–Crippen LogP) is 3.80. The van der Waals surface area contributed by atoms with Gasteiger partial charge in [0.2, 0.25) is 5.91 Å². The second-order valence-electron chi connectivity index (χ2n) is 6.45. The zero-order valence-electron chi connectivity index (χ0n) is 16.1. The minimum absolute atomic E-state index is 0.241. The average Bonchev–Trinajstić information content (AvgIpc) is 2.75. The summed E-state index contributed by atoms with van der Waals surface area (Å²) in [5.74, 6) is -0.0760. The molecule has 0 saturated carbocycles. The zero-order chi connectivity index (χ0) is 20.6. The number of ether oxygens (including phenoxy) is 1. The van der Waals surface area contributed by atoms with Gasteiger partial charge in [0.05, 0.1) is 18.8 Å². The number of amides is 3. The first kappa shape index (κ1) is 19.9. The van der Waals surface area contributed by atoms with Crippen molar-refractivity contribution < 1.29 is 14.3 Å². The van der Waals surface area contributed by atoms with Gasteiger partial charge in [0.15, 0.2) is 0 Å². The fourth-order valence-electron chi connectivity index (χ4n) is 3.21. The Morgan fingerprint density at radius 3 is 1.93 bits per heavy atom. The number of primary amides is 1. The van der Waals surface area contributed by atoms with Crippen molar-refractivity contribution >= 4 is 17.6 Å². The molecule has 0 aliphatic heterocycles. The number of nitrogens with one attached hydrogen (secondary N) is 1. The van der Waals surface area contributed by atoms with E-state index >= 15 is 0 Å². The van der Waals surface area contributed by atoms with Gasteiger partial charge in [-0.05, 0) is 23.3 Å². The van der Waals surface area contributed by atoms with E-state index in [0.717, 1.165) is 11.1 Å². The van der Waals surface area contributed by atoms with E-state index in [1.807, 2.05) is 66.7 Å². The highest BCUT2D eigenvalue weighted by Gasteiger charge is 2.28. The van der Waals surface area contributed by atoms with Crippen LogP contribution in [0.25, 0.3) is 0 Å². The third kappa shape index (κ3) is 4.93. The molecular formula is C23H23N3O3. The van der Waals surface area contributed by atoms with Gasteiger partial charge in [0, 0.05) is 0 Å². The van der Waals surface area contributed by atoms with E-state index in [4.69, 9.17) is 10.5 Å². The number of carbonyl (C=O) groups is 2. The molecule has 0 fully saturated rings. The molecule has 0 aliphatic carbocycles. The second-order valence-corrected chi connectivity index (χ2v) is 6.45. The molecule has 3 N–H and O–H groups in total. The summed E-state index contributed by atoms with van der Waals surface area (Å²) in [6.07, 6.45) is 0. The van der Waals surface area contributed by atoms with Gasteiger partial charge in [0.1, 0.15) is 12.3 Å². The first-order chi connectivity index (χ1) is 14.1. The van der Waals surface area contributed by atoms with Crippen LogP contribution in [0, 0.1) is 0 Å². The number of methoxy groups -OCH3 is 1. The molecule has 0 unspecified atom stereocenters. The third-order valence-corrected chi connectivity index (χ3v) is 4.48. The lowest BCUT2D eigenvalue weighted by Crippen LogP contribution is -2.43. The lowest BCUT2D eigenvalue weighted by Gasteiger charge is -2.32. The first-order valence-corrected chi connectivity index (χ1v) is 9.19. The van der Waals surface area contributed by atoms with Crippen LogP contribution in [-0.2, 0) is 4.79 Å². The second kappa shape index (κ2) is 9.41. The molecular weight excluding hydrogens is 366 g/mol. The SMILES string of the molecule is COc1ccccc1NC(=O)N(CC(N)=O)C(c1ccccc1)c1ccccc1. The molecule has 6 nitrogen and oxygen atoms in total. The van der Waals surface area contributed by atoms with Crippen molar-refractivity contribution in [3.05, 3.63) is 96.1 Å². The molecule has 0 saturated heterocycles. The van der Waals surface area contributed by atoms with Gasteiger partial charge in [-0.2, -0.15) is 0 Å². The number of nitrogens with zero attached hydrogens (tertiary/aromatic N) is 1. The Morgan fingerprint density at radius 1 is 0.897 bits per heavy atom. The maximum atomic E-state index is 13.3. The van der Waals surface area contributed by atoms with Crippen molar-refractivity contribution in [1.29, 1.82) is 0 Å². The molecule has 3 rings (SSSR count). The van der Waals surface area contributed by atoms with Gasteiger partial charge < -0.3 is 20.7 Å². The van der Waals surface area contributed by atoms with Crippen LogP contribution < -0.4 is 15.8 Å². The van der Waals surface area contributed by atoms with Gasteiger partial charge in [-0.15, -0.1) is 0 Å². The summed E-state index contributed by atoms with van der Waals surface area (Å²) < 4.78 is 5.31. The molecule has 0 atom stereocenters. The van der Waals surface area contributed by atoms with E-state index in [1.54, 1.807) is 18.2 Å². The molecule has 0 spiro atoms. The summed E-state index contributed by atoms with van der Waals surface area (Å²) in [5, 5.41) is 2.84. The maximum absolute atomic E-state index is 13.3. The molecule has 0 heterocycles. The van der Waals surface area contributed by atoms with Crippen LogP contribution in [0.1, 0.15) is 17.2 Å². The molecule has 148 valence electrons. The fraction of sp³-hybridized carbons (Fsp3) is 0.130. The topological polar surface area (TPSA) is 84.7 Å². The monoisotopic (exact) mass is 389 g/mol. The smallest absolute Gasteiger partial charge is 0.323 e. The summed E-state index contributed by atoms with van der Waals surface area (Å²) in [4.78, 5) is 26.5. The molecule has 6 heteroatoms. The number of para-hydroxylation sites is 2. The molecule has 3 amide bonds. The Balaban J connectivity index is 2.02. The van der Waals surface area contributed by atoms with Crippen LogP contribution >= 0.6 is 0 Å². The molecule has 0 radical (unpaired) electrons. The van der Waals surface area contributed by atoms with Crippen LogP contribution in [0.4, 0.5) is 10.5 Å². The van der Waals surface area contributed by atoms with Crippen molar-refractivity contribution in [2.24, 2.45) is 5.73 Å². The van der Waals surface area contributed by atoms with Gasteiger partial charge in [-0.1, -0.05) is 72.8 Å². The summed E-state index contributed by atoms with van der Waals surface area (Å²) in [5.41, 5.74) is 7.74.